The first kappa shape index (κ1) is 14.8. The van der Waals surface area contributed by atoms with Crippen LogP contribution in [0, 0.1) is 6.92 Å². The zero-order valence-electron chi connectivity index (χ0n) is 12.6. The summed E-state index contributed by atoms with van der Waals surface area (Å²) in [5, 5.41) is 3.59. The lowest BCUT2D eigenvalue weighted by atomic mass is 10.0. The van der Waals surface area contributed by atoms with Gasteiger partial charge in [-0.15, -0.1) is 0 Å². The van der Waals surface area contributed by atoms with Crippen LogP contribution in [0.3, 0.4) is 0 Å². The maximum Gasteiger partial charge on any atom is 0.105 e. The third-order valence-corrected chi connectivity index (χ3v) is 3.62. The minimum atomic E-state index is 0.272. The maximum atomic E-state index is 5.44. The lowest BCUT2D eigenvalue weighted by molar-refractivity contribution is 0.491. The number of pyridine rings is 1. The van der Waals surface area contributed by atoms with E-state index < -0.39 is 0 Å². The van der Waals surface area contributed by atoms with Crippen molar-refractivity contribution in [2.45, 2.75) is 46.1 Å². The van der Waals surface area contributed by atoms with E-state index in [0.717, 1.165) is 37.3 Å². The molecule has 3 heteroatoms. The number of rotatable bonds is 7. The summed E-state index contributed by atoms with van der Waals surface area (Å²) < 4.78 is 5.44. The van der Waals surface area contributed by atoms with E-state index >= 15 is 0 Å². The highest BCUT2D eigenvalue weighted by Gasteiger charge is 2.16. The van der Waals surface area contributed by atoms with Gasteiger partial charge in [0.15, 0.2) is 0 Å². The molecule has 0 saturated heterocycles. The molecule has 0 aliphatic heterocycles. The van der Waals surface area contributed by atoms with Gasteiger partial charge in [-0.3, -0.25) is 4.98 Å². The number of aromatic nitrogens is 1. The van der Waals surface area contributed by atoms with Gasteiger partial charge in [0, 0.05) is 29.9 Å². The van der Waals surface area contributed by atoms with E-state index in [9.17, 15) is 0 Å². The van der Waals surface area contributed by atoms with Crippen molar-refractivity contribution in [1.29, 1.82) is 0 Å². The van der Waals surface area contributed by atoms with Crippen LogP contribution in [0.25, 0.3) is 0 Å². The normalized spacial score (nSPS) is 12.6. The molecule has 2 aromatic heterocycles. The first-order valence-electron chi connectivity index (χ1n) is 7.45. The molecule has 1 N–H and O–H groups in total. The number of aryl methyl sites for hydroxylation is 2. The average molecular weight is 272 g/mol. The highest BCUT2D eigenvalue weighted by atomic mass is 16.3. The summed E-state index contributed by atoms with van der Waals surface area (Å²) >= 11 is 0. The summed E-state index contributed by atoms with van der Waals surface area (Å²) in [6, 6.07) is 6.63. The number of furan rings is 1. The van der Waals surface area contributed by atoms with Crippen molar-refractivity contribution >= 4 is 0 Å². The number of hydrogen-bond acceptors (Lipinski definition) is 3. The van der Waals surface area contributed by atoms with E-state index in [4.69, 9.17) is 4.42 Å². The summed E-state index contributed by atoms with van der Waals surface area (Å²) in [4.78, 5) is 4.57. The van der Waals surface area contributed by atoms with Gasteiger partial charge in [0.05, 0.1) is 6.26 Å². The molecule has 3 nitrogen and oxygen atoms in total. The van der Waals surface area contributed by atoms with Crippen LogP contribution >= 0.6 is 0 Å². The molecule has 0 saturated carbocycles. The van der Waals surface area contributed by atoms with Crippen LogP contribution < -0.4 is 5.32 Å². The van der Waals surface area contributed by atoms with Gasteiger partial charge in [-0.1, -0.05) is 19.9 Å². The Kier molecular flexibility index (Phi) is 5.36. The fourth-order valence-corrected chi connectivity index (χ4v) is 2.36. The molecule has 0 aliphatic rings. The zero-order valence-corrected chi connectivity index (χ0v) is 12.6. The number of nitrogens with one attached hydrogen (secondary N) is 1. The Bertz CT molecular complexity index is 516. The van der Waals surface area contributed by atoms with E-state index in [-0.39, 0.29) is 6.04 Å². The molecular weight excluding hydrogens is 248 g/mol. The van der Waals surface area contributed by atoms with Crippen LogP contribution in [0.2, 0.25) is 0 Å². The predicted molar refractivity (Wildman–Crippen MR) is 81.8 cm³/mol. The minimum Gasteiger partial charge on any atom is -0.469 e. The second-order valence-corrected chi connectivity index (χ2v) is 5.15. The highest BCUT2D eigenvalue weighted by molar-refractivity contribution is 5.23. The lowest BCUT2D eigenvalue weighted by Gasteiger charge is -2.18. The fourth-order valence-electron chi connectivity index (χ4n) is 2.36. The van der Waals surface area contributed by atoms with Gasteiger partial charge in [0.1, 0.15) is 5.76 Å². The van der Waals surface area contributed by atoms with Gasteiger partial charge in [0.2, 0.25) is 0 Å². The SMILES string of the molecule is CCCNC(Cc1ccc(CC)cn1)c1ccoc1C. The third-order valence-electron chi connectivity index (χ3n) is 3.62. The fraction of sp³-hybridized carbons (Fsp3) is 0.471. The van der Waals surface area contributed by atoms with E-state index in [1.165, 1.54) is 11.1 Å². The molecule has 1 atom stereocenters. The zero-order chi connectivity index (χ0) is 14.4. The van der Waals surface area contributed by atoms with Crippen molar-refractivity contribution in [3.05, 3.63) is 53.2 Å². The van der Waals surface area contributed by atoms with E-state index in [1.54, 1.807) is 6.26 Å². The monoisotopic (exact) mass is 272 g/mol. The van der Waals surface area contributed by atoms with Crippen molar-refractivity contribution in [1.82, 2.24) is 10.3 Å². The van der Waals surface area contributed by atoms with Crippen LogP contribution in [-0.2, 0) is 12.8 Å². The molecule has 1 unspecified atom stereocenters. The third kappa shape index (κ3) is 3.70. The molecule has 0 aliphatic carbocycles. The van der Waals surface area contributed by atoms with Crippen molar-refractivity contribution in [3.8, 4) is 0 Å². The molecule has 0 fully saturated rings. The Morgan fingerprint density at radius 2 is 2.10 bits per heavy atom. The smallest absolute Gasteiger partial charge is 0.105 e. The van der Waals surface area contributed by atoms with Gasteiger partial charge in [0.25, 0.3) is 0 Å². The Hall–Kier alpha value is -1.61. The average Bonchev–Trinajstić information content (AvgIpc) is 2.90. The van der Waals surface area contributed by atoms with Crippen LogP contribution in [0.1, 0.15) is 48.9 Å². The molecule has 0 radical (unpaired) electrons. The van der Waals surface area contributed by atoms with Crippen LogP contribution in [0.5, 0.6) is 0 Å². The number of nitrogens with zero attached hydrogens (tertiary/aromatic N) is 1. The summed E-state index contributed by atoms with van der Waals surface area (Å²) in [5.74, 6) is 0.990. The van der Waals surface area contributed by atoms with Gasteiger partial charge < -0.3 is 9.73 Å². The first-order chi connectivity index (χ1) is 9.74. The largest absolute Gasteiger partial charge is 0.469 e. The second-order valence-electron chi connectivity index (χ2n) is 5.15. The lowest BCUT2D eigenvalue weighted by Crippen LogP contribution is -2.24. The van der Waals surface area contributed by atoms with Gasteiger partial charge >= 0.3 is 0 Å². The highest BCUT2D eigenvalue weighted by Crippen LogP contribution is 2.22. The van der Waals surface area contributed by atoms with Crippen molar-refractivity contribution in [3.63, 3.8) is 0 Å². The molecule has 20 heavy (non-hydrogen) atoms. The van der Waals surface area contributed by atoms with Crippen LogP contribution in [0.4, 0.5) is 0 Å². The van der Waals surface area contributed by atoms with E-state index in [0.29, 0.717) is 0 Å². The molecule has 0 spiro atoms. The minimum absolute atomic E-state index is 0.272. The quantitative estimate of drug-likeness (QED) is 0.832. The first-order valence-corrected chi connectivity index (χ1v) is 7.45. The Morgan fingerprint density at radius 3 is 2.65 bits per heavy atom. The summed E-state index contributed by atoms with van der Waals surface area (Å²) in [7, 11) is 0. The standard InChI is InChI=1S/C17H24N2O/c1-4-9-18-17(16-8-10-20-13(16)3)11-15-7-6-14(5-2)12-19-15/h6-8,10,12,17-18H,4-5,9,11H2,1-3H3. The van der Waals surface area contributed by atoms with Crippen LogP contribution in [-0.4, -0.2) is 11.5 Å². The van der Waals surface area contributed by atoms with Crippen LogP contribution in [0.15, 0.2) is 35.1 Å². The molecule has 2 rings (SSSR count). The molecular formula is C17H24N2O. The molecule has 2 aromatic rings. The van der Waals surface area contributed by atoms with Crippen molar-refractivity contribution in [2.24, 2.45) is 0 Å². The van der Waals surface area contributed by atoms with Gasteiger partial charge in [-0.25, -0.2) is 0 Å². The van der Waals surface area contributed by atoms with E-state index in [1.807, 2.05) is 13.1 Å². The Labute approximate surface area is 121 Å². The van der Waals surface area contributed by atoms with Gasteiger partial charge in [-0.2, -0.15) is 0 Å². The Balaban J connectivity index is 2.12. The predicted octanol–water partition coefficient (Wildman–Crippen LogP) is 3.83. The summed E-state index contributed by atoms with van der Waals surface area (Å²) in [6.45, 7) is 7.35. The van der Waals surface area contributed by atoms with Gasteiger partial charge in [-0.05, 0) is 44.0 Å². The summed E-state index contributed by atoms with van der Waals surface area (Å²) in [5.41, 5.74) is 3.64. The summed E-state index contributed by atoms with van der Waals surface area (Å²) in [6.07, 6.45) is 6.79. The molecule has 0 bridgehead atoms. The second kappa shape index (κ2) is 7.25. The molecule has 108 valence electrons. The molecule has 0 amide bonds. The molecule has 0 aromatic carbocycles. The Morgan fingerprint density at radius 1 is 1.25 bits per heavy atom. The topological polar surface area (TPSA) is 38.1 Å². The maximum absolute atomic E-state index is 5.44. The molecule has 2 heterocycles. The number of hydrogen-bond donors (Lipinski definition) is 1. The van der Waals surface area contributed by atoms with Crippen molar-refractivity contribution < 1.29 is 4.42 Å². The van der Waals surface area contributed by atoms with Crippen molar-refractivity contribution in [2.75, 3.05) is 6.54 Å². The van der Waals surface area contributed by atoms with E-state index in [2.05, 4.69) is 42.3 Å².